The van der Waals surface area contributed by atoms with Gasteiger partial charge < -0.3 is 10.0 Å². The van der Waals surface area contributed by atoms with E-state index in [1.807, 2.05) is 0 Å². The normalized spacial score (nSPS) is 23.7. The molecule has 0 radical (unpaired) electrons. The van der Waals surface area contributed by atoms with E-state index >= 15 is 0 Å². The van der Waals surface area contributed by atoms with E-state index in [2.05, 4.69) is 15.2 Å². The molecule has 0 spiro atoms. The Balaban J connectivity index is 1.94. The van der Waals surface area contributed by atoms with E-state index in [9.17, 15) is 13.9 Å². The average Bonchev–Trinajstić information content (AvgIpc) is 2.93. The second kappa shape index (κ2) is 4.28. The highest BCUT2D eigenvalue weighted by Gasteiger charge is 2.45. The third-order valence-electron chi connectivity index (χ3n) is 3.38. The van der Waals surface area contributed by atoms with Gasteiger partial charge in [-0.1, -0.05) is 11.6 Å². The van der Waals surface area contributed by atoms with E-state index < -0.39 is 12.0 Å². The lowest BCUT2D eigenvalue weighted by Gasteiger charge is -2.22. The van der Waals surface area contributed by atoms with Gasteiger partial charge in [0.15, 0.2) is 5.82 Å². The standard InChI is InChI=1S/C11H11ClF2N4O/c12-8-3-7-6(4-15-8)9(17-16-7)18-2-1-11(19,5-18)10(13)14/h3-4,10,19H,1-2,5H2,(H,16,17). The molecule has 1 fully saturated rings. The van der Waals surface area contributed by atoms with Crippen molar-refractivity contribution in [3.8, 4) is 0 Å². The highest BCUT2D eigenvalue weighted by Crippen LogP contribution is 2.33. The summed E-state index contributed by atoms with van der Waals surface area (Å²) in [6.45, 7) is 0.177. The lowest BCUT2D eigenvalue weighted by atomic mass is 10.1. The van der Waals surface area contributed by atoms with Crippen LogP contribution in [0.2, 0.25) is 5.15 Å². The van der Waals surface area contributed by atoms with Crippen molar-refractivity contribution in [1.82, 2.24) is 15.2 Å². The fraction of sp³-hybridized carbons (Fsp3) is 0.455. The van der Waals surface area contributed by atoms with Gasteiger partial charge in [0, 0.05) is 25.2 Å². The van der Waals surface area contributed by atoms with Crippen LogP contribution in [0.25, 0.3) is 10.9 Å². The summed E-state index contributed by atoms with van der Waals surface area (Å²) in [5, 5.41) is 17.7. The average molecular weight is 289 g/mol. The molecular weight excluding hydrogens is 278 g/mol. The number of nitrogens with one attached hydrogen (secondary N) is 1. The maximum absolute atomic E-state index is 12.8. The van der Waals surface area contributed by atoms with Gasteiger partial charge in [0.25, 0.3) is 6.43 Å². The molecule has 1 saturated heterocycles. The van der Waals surface area contributed by atoms with Crippen LogP contribution in [-0.4, -0.2) is 45.4 Å². The van der Waals surface area contributed by atoms with Crippen molar-refractivity contribution in [2.45, 2.75) is 18.4 Å². The fourth-order valence-corrected chi connectivity index (χ4v) is 2.45. The first-order valence-electron chi connectivity index (χ1n) is 5.75. The van der Waals surface area contributed by atoms with Crippen LogP contribution in [0.5, 0.6) is 0 Å². The Morgan fingerprint density at radius 2 is 2.32 bits per heavy atom. The number of aromatic nitrogens is 3. The first-order chi connectivity index (χ1) is 8.99. The number of rotatable bonds is 2. The van der Waals surface area contributed by atoms with Gasteiger partial charge in [0.1, 0.15) is 10.8 Å². The van der Waals surface area contributed by atoms with Crippen molar-refractivity contribution in [3.63, 3.8) is 0 Å². The van der Waals surface area contributed by atoms with Gasteiger partial charge in [0.2, 0.25) is 0 Å². The van der Waals surface area contributed by atoms with Crippen molar-refractivity contribution in [1.29, 1.82) is 0 Å². The minimum atomic E-state index is -2.77. The van der Waals surface area contributed by atoms with Crippen molar-refractivity contribution in [2.75, 3.05) is 18.0 Å². The molecular formula is C11H11ClF2N4O. The van der Waals surface area contributed by atoms with E-state index in [1.54, 1.807) is 11.0 Å². The molecule has 3 rings (SSSR count). The zero-order valence-corrected chi connectivity index (χ0v) is 10.5. The Bertz CT molecular complexity index is 620. The first-order valence-corrected chi connectivity index (χ1v) is 6.12. The molecule has 0 aliphatic carbocycles. The summed E-state index contributed by atoms with van der Waals surface area (Å²) in [4.78, 5) is 5.58. The van der Waals surface area contributed by atoms with Gasteiger partial charge in [0.05, 0.1) is 17.4 Å². The summed E-state index contributed by atoms with van der Waals surface area (Å²) in [6, 6.07) is 1.61. The van der Waals surface area contributed by atoms with E-state index in [-0.39, 0.29) is 13.0 Å². The molecule has 3 heterocycles. The fourth-order valence-electron chi connectivity index (χ4n) is 2.29. The zero-order chi connectivity index (χ0) is 13.6. The number of aromatic amines is 1. The minimum absolute atomic E-state index is 0.0139. The predicted octanol–water partition coefficient (Wildman–Crippen LogP) is 1.82. The Morgan fingerprint density at radius 3 is 3.00 bits per heavy atom. The molecule has 1 aliphatic rings. The van der Waals surface area contributed by atoms with Gasteiger partial charge in [-0.3, -0.25) is 5.10 Å². The highest BCUT2D eigenvalue weighted by molar-refractivity contribution is 6.30. The van der Waals surface area contributed by atoms with Gasteiger partial charge in [-0.15, -0.1) is 0 Å². The number of aliphatic hydroxyl groups is 1. The number of alkyl halides is 2. The van der Waals surface area contributed by atoms with Crippen LogP contribution in [0, 0.1) is 0 Å². The number of β-amino-alcohol motifs (C(OH)–C–C–N with tert-alkyl or cyclic N) is 1. The molecule has 1 aliphatic heterocycles. The molecule has 1 unspecified atom stereocenters. The Morgan fingerprint density at radius 1 is 1.53 bits per heavy atom. The van der Waals surface area contributed by atoms with Crippen LogP contribution in [0.3, 0.4) is 0 Å². The second-order valence-electron chi connectivity index (χ2n) is 4.68. The van der Waals surface area contributed by atoms with Crippen LogP contribution in [0.4, 0.5) is 14.6 Å². The number of nitrogens with zero attached hydrogens (tertiary/aromatic N) is 3. The summed E-state index contributed by atoms with van der Waals surface area (Å²) in [5.41, 5.74) is -1.28. The summed E-state index contributed by atoms with van der Waals surface area (Å²) in [5.74, 6) is 0.510. The molecule has 0 aromatic carbocycles. The Kier molecular flexibility index (Phi) is 2.83. The smallest absolute Gasteiger partial charge is 0.268 e. The highest BCUT2D eigenvalue weighted by atomic mass is 35.5. The van der Waals surface area contributed by atoms with Crippen LogP contribution in [-0.2, 0) is 0 Å². The third-order valence-corrected chi connectivity index (χ3v) is 3.59. The SMILES string of the molecule is OC1(C(F)F)CCN(c2n[nH]c3cc(Cl)ncc23)C1. The molecule has 2 N–H and O–H groups in total. The van der Waals surface area contributed by atoms with Crippen LogP contribution >= 0.6 is 11.6 Å². The van der Waals surface area contributed by atoms with Crippen LogP contribution in [0.1, 0.15) is 6.42 Å². The first kappa shape index (κ1) is 12.6. The Labute approximate surface area is 112 Å². The minimum Gasteiger partial charge on any atom is -0.382 e. The molecule has 2 aromatic heterocycles. The second-order valence-corrected chi connectivity index (χ2v) is 5.06. The van der Waals surface area contributed by atoms with Crippen molar-refractivity contribution < 1.29 is 13.9 Å². The number of anilines is 1. The number of fused-ring (bicyclic) bond motifs is 1. The van der Waals surface area contributed by atoms with Crippen molar-refractivity contribution in [3.05, 3.63) is 17.4 Å². The monoisotopic (exact) mass is 288 g/mol. The lowest BCUT2D eigenvalue weighted by molar-refractivity contribution is -0.0800. The van der Waals surface area contributed by atoms with Gasteiger partial charge in [-0.2, -0.15) is 5.10 Å². The quantitative estimate of drug-likeness (QED) is 0.827. The predicted molar refractivity (Wildman–Crippen MR) is 66.7 cm³/mol. The number of pyridine rings is 1. The molecule has 19 heavy (non-hydrogen) atoms. The molecule has 102 valence electrons. The zero-order valence-electron chi connectivity index (χ0n) is 9.78. The number of hydrogen-bond acceptors (Lipinski definition) is 4. The molecule has 8 heteroatoms. The van der Waals surface area contributed by atoms with Gasteiger partial charge >= 0.3 is 0 Å². The molecule has 5 nitrogen and oxygen atoms in total. The van der Waals surface area contributed by atoms with Gasteiger partial charge in [-0.25, -0.2) is 13.8 Å². The number of halogens is 3. The third kappa shape index (κ3) is 2.02. The van der Waals surface area contributed by atoms with Crippen LogP contribution < -0.4 is 4.90 Å². The van der Waals surface area contributed by atoms with E-state index in [4.69, 9.17) is 11.6 Å². The molecule has 2 aromatic rings. The maximum Gasteiger partial charge on any atom is 0.268 e. The summed E-state index contributed by atoms with van der Waals surface area (Å²) in [6.07, 6.45) is -1.22. The number of H-pyrrole nitrogens is 1. The summed E-state index contributed by atoms with van der Waals surface area (Å²) < 4.78 is 25.5. The van der Waals surface area contributed by atoms with Crippen LogP contribution in [0.15, 0.2) is 12.3 Å². The maximum atomic E-state index is 12.8. The van der Waals surface area contributed by atoms with Crippen molar-refractivity contribution >= 4 is 28.3 Å². The topological polar surface area (TPSA) is 65.0 Å². The number of hydrogen-bond donors (Lipinski definition) is 2. The largest absolute Gasteiger partial charge is 0.382 e. The summed E-state index contributed by atoms with van der Waals surface area (Å²) >= 11 is 5.76. The lowest BCUT2D eigenvalue weighted by Crippen LogP contribution is -2.40. The van der Waals surface area contributed by atoms with E-state index in [0.29, 0.717) is 28.4 Å². The Hall–Kier alpha value is -1.47. The van der Waals surface area contributed by atoms with E-state index in [1.165, 1.54) is 6.20 Å². The molecule has 0 saturated carbocycles. The molecule has 1 atom stereocenters. The van der Waals surface area contributed by atoms with E-state index in [0.717, 1.165) is 0 Å². The summed E-state index contributed by atoms with van der Waals surface area (Å²) in [7, 11) is 0. The van der Waals surface area contributed by atoms with Crippen molar-refractivity contribution in [2.24, 2.45) is 0 Å². The molecule has 0 amide bonds. The van der Waals surface area contributed by atoms with Gasteiger partial charge in [-0.05, 0) is 0 Å². The molecule has 0 bridgehead atoms.